The van der Waals surface area contributed by atoms with E-state index in [2.05, 4.69) is 6.07 Å². The van der Waals surface area contributed by atoms with Gasteiger partial charge in [-0.25, -0.2) is 0 Å². The largest absolute Gasteiger partial charge is 0.457 e. The lowest BCUT2D eigenvalue weighted by Gasteiger charge is -2.28. The molecular weight excluding hydrogens is 372 g/mol. The van der Waals surface area contributed by atoms with Crippen LogP contribution in [0.5, 0.6) is 0 Å². The van der Waals surface area contributed by atoms with Gasteiger partial charge in [0.2, 0.25) is 0 Å². The van der Waals surface area contributed by atoms with Crippen molar-refractivity contribution in [3.05, 3.63) is 88.1 Å². The first kappa shape index (κ1) is 18.1. The van der Waals surface area contributed by atoms with Gasteiger partial charge in [-0.2, -0.15) is 5.26 Å². The predicted octanol–water partition coefficient (Wildman–Crippen LogP) is 5.09. The Bertz CT molecular complexity index is 1090. The van der Waals surface area contributed by atoms with Crippen molar-refractivity contribution in [3.63, 3.8) is 0 Å². The summed E-state index contributed by atoms with van der Waals surface area (Å²) in [5.74, 6) is 0.841. The van der Waals surface area contributed by atoms with E-state index in [4.69, 9.17) is 16.0 Å². The highest BCUT2D eigenvalue weighted by atomic mass is 35.5. The Hall–Kier alpha value is -3.29. The van der Waals surface area contributed by atoms with Gasteiger partial charge in [0.25, 0.3) is 5.91 Å². The van der Waals surface area contributed by atoms with Crippen LogP contribution in [0.25, 0.3) is 17.4 Å². The van der Waals surface area contributed by atoms with Gasteiger partial charge in [-0.3, -0.25) is 4.79 Å². The average molecular weight is 389 g/mol. The minimum atomic E-state index is -0.276. The van der Waals surface area contributed by atoms with Gasteiger partial charge in [0.15, 0.2) is 0 Å². The van der Waals surface area contributed by atoms with Crippen molar-refractivity contribution in [2.45, 2.75) is 13.0 Å². The van der Waals surface area contributed by atoms with E-state index >= 15 is 0 Å². The molecular formula is C23H17ClN2O2. The molecule has 5 heteroatoms. The molecule has 1 aliphatic heterocycles. The predicted molar refractivity (Wildman–Crippen MR) is 108 cm³/mol. The first-order chi connectivity index (χ1) is 13.6. The zero-order chi connectivity index (χ0) is 19.5. The van der Waals surface area contributed by atoms with Gasteiger partial charge in [-0.1, -0.05) is 35.9 Å². The number of amides is 1. The van der Waals surface area contributed by atoms with Gasteiger partial charge in [0, 0.05) is 29.8 Å². The molecule has 28 heavy (non-hydrogen) atoms. The molecule has 0 radical (unpaired) electrons. The molecule has 2 aromatic carbocycles. The maximum atomic E-state index is 12.8. The van der Waals surface area contributed by atoms with Crippen LogP contribution in [0.1, 0.15) is 16.9 Å². The van der Waals surface area contributed by atoms with Crippen molar-refractivity contribution in [1.29, 1.82) is 5.26 Å². The highest BCUT2D eigenvalue weighted by Gasteiger charge is 2.23. The number of carbonyl (C=O) groups excluding carboxylic acids is 1. The molecule has 0 fully saturated rings. The van der Waals surface area contributed by atoms with Crippen molar-refractivity contribution in [2.24, 2.45) is 0 Å². The minimum Gasteiger partial charge on any atom is -0.457 e. The molecule has 4 nitrogen and oxygen atoms in total. The van der Waals surface area contributed by atoms with Gasteiger partial charge >= 0.3 is 0 Å². The van der Waals surface area contributed by atoms with E-state index in [9.17, 15) is 10.1 Å². The van der Waals surface area contributed by atoms with Gasteiger partial charge in [0.05, 0.1) is 0 Å². The minimum absolute atomic E-state index is 0.0661. The summed E-state index contributed by atoms with van der Waals surface area (Å²) in [6, 6.07) is 20.9. The molecule has 0 aliphatic carbocycles. The molecule has 1 aromatic heterocycles. The van der Waals surface area contributed by atoms with Crippen molar-refractivity contribution in [2.75, 3.05) is 6.54 Å². The molecule has 2 heterocycles. The van der Waals surface area contributed by atoms with Crippen LogP contribution in [0.4, 0.5) is 0 Å². The Kier molecular flexibility index (Phi) is 5.01. The summed E-state index contributed by atoms with van der Waals surface area (Å²) in [6.45, 7) is 1.12. The Morgan fingerprint density at radius 1 is 1.07 bits per heavy atom. The number of furan rings is 1. The zero-order valence-corrected chi connectivity index (χ0v) is 15.8. The van der Waals surface area contributed by atoms with Crippen LogP contribution >= 0.6 is 11.6 Å². The quantitative estimate of drug-likeness (QED) is 0.463. The van der Waals surface area contributed by atoms with E-state index in [0.29, 0.717) is 29.6 Å². The fourth-order valence-corrected chi connectivity index (χ4v) is 3.45. The smallest absolute Gasteiger partial charge is 0.264 e. The van der Waals surface area contributed by atoms with Gasteiger partial charge in [-0.05, 0) is 53.9 Å². The summed E-state index contributed by atoms with van der Waals surface area (Å²) in [5.41, 5.74) is 3.33. The number of nitriles is 1. The van der Waals surface area contributed by atoms with Crippen LogP contribution in [0, 0.1) is 11.3 Å². The number of hydrogen-bond acceptors (Lipinski definition) is 3. The highest BCUT2D eigenvalue weighted by molar-refractivity contribution is 6.30. The van der Waals surface area contributed by atoms with Crippen LogP contribution in [0.3, 0.4) is 0 Å². The number of fused-ring (bicyclic) bond motifs is 1. The third kappa shape index (κ3) is 3.71. The summed E-state index contributed by atoms with van der Waals surface area (Å²) in [5, 5.41) is 10.2. The fourth-order valence-electron chi connectivity index (χ4n) is 3.32. The number of hydrogen-bond donors (Lipinski definition) is 0. The lowest BCUT2D eigenvalue weighted by molar-refractivity contribution is -0.127. The number of rotatable bonds is 3. The first-order valence-electron chi connectivity index (χ1n) is 8.97. The molecule has 1 aliphatic rings. The summed E-state index contributed by atoms with van der Waals surface area (Å²) in [6.07, 6.45) is 2.30. The van der Waals surface area contributed by atoms with Gasteiger partial charge in [-0.15, -0.1) is 0 Å². The topological polar surface area (TPSA) is 57.2 Å². The Morgan fingerprint density at radius 3 is 2.57 bits per heavy atom. The third-order valence-electron chi connectivity index (χ3n) is 4.81. The molecule has 4 rings (SSSR count). The van der Waals surface area contributed by atoms with E-state index < -0.39 is 0 Å². The third-order valence-corrected chi connectivity index (χ3v) is 5.06. The first-order valence-corrected chi connectivity index (χ1v) is 9.35. The standard InChI is InChI=1S/C23H17ClN2O2/c24-20-7-5-17(6-8-20)22-10-9-21(28-22)13-19(14-25)23(27)26-12-11-16-3-1-2-4-18(16)15-26/h1-10,13H,11-12,15H2/b19-13+. The van der Waals surface area contributed by atoms with Crippen molar-refractivity contribution in [1.82, 2.24) is 4.90 Å². The van der Waals surface area contributed by atoms with E-state index in [1.165, 1.54) is 11.6 Å². The molecule has 0 saturated heterocycles. The molecule has 3 aromatic rings. The highest BCUT2D eigenvalue weighted by Crippen LogP contribution is 2.26. The number of halogens is 1. The van der Waals surface area contributed by atoms with Crippen LogP contribution in [0.15, 0.2) is 70.7 Å². The molecule has 1 amide bonds. The van der Waals surface area contributed by atoms with Gasteiger partial charge in [0.1, 0.15) is 23.2 Å². The molecule has 0 unspecified atom stereocenters. The molecule has 0 spiro atoms. The number of carbonyl (C=O) groups is 1. The van der Waals surface area contributed by atoms with Gasteiger partial charge < -0.3 is 9.32 Å². The maximum Gasteiger partial charge on any atom is 0.264 e. The molecule has 138 valence electrons. The lowest BCUT2D eigenvalue weighted by atomic mass is 9.99. The maximum absolute atomic E-state index is 12.8. The second-order valence-corrected chi connectivity index (χ2v) is 7.06. The second kappa shape index (κ2) is 7.75. The molecule has 0 saturated carbocycles. The van der Waals surface area contributed by atoms with Crippen molar-refractivity contribution < 1.29 is 9.21 Å². The normalized spacial score (nSPS) is 13.7. The van der Waals surface area contributed by atoms with Crippen LogP contribution < -0.4 is 0 Å². The molecule has 0 atom stereocenters. The van der Waals surface area contributed by atoms with E-state index in [0.717, 1.165) is 17.5 Å². The van der Waals surface area contributed by atoms with Crippen molar-refractivity contribution >= 4 is 23.6 Å². The van der Waals surface area contributed by atoms with Crippen LogP contribution in [-0.4, -0.2) is 17.4 Å². The van der Waals surface area contributed by atoms with E-state index in [1.807, 2.05) is 42.5 Å². The molecule has 0 bridgehead atoms. The average Bonchev–Trinajstić information content (AvgIpc) is 3.20. The van der Waals surface area contributed by atoms with Crippen LogP contribution in [0.2, 0.25) is 5.02 Å². The number of benzene rings is 2. The lowest BCUT2D eigenvalue weighted by Crippen LogP contribution is -2.36. The zero-order valence-electron chi connectivity index (χ0n) is 15.1. The van der Waals surface area contributed by atoms with Crippen LogP contribution in [-0.2, 0) is 17.8 Å². The number of nitrogens with zero attached hydrogens (tertiary/aromatic N) is 2. The summed E-state index contributed by atoms with van der Waals surface area (Å²) >= 11 is 5.91. The molecule has 0 N–H and O–H groups in total. The van der Waals surface area contributed by atoms with E-state index in [-0.39, 0.29) is 11.5 Å². The summed E-state index contributed by atoms with van der Waals surface area (Å²) in [4.78, 5) is 14.5. The second-order valence-electron chi connectivity index (χ2n) is 6.62. The Balaban J connectivity index is 1.54. The fraction of sp³-hybridized carbons (Fsp3) is 0.130. The SMILES string of the molecule is N#C/C(=C\c1ccc(-c2ccc(Cl)cc2)o1)C(=O)N1CCc2ccccc2C1. The Morgan fingerprint density at radius 2 is 1.82 bits per heavy atom. The van der Waals surface area contributed by atoms with Crippen molar-refractivity contribution in [3.8, 4) is 17.4 Å². The summed E-state index contributed by atoms with van der Waals surface area (Å²) < 4.78 is 5.79. The monoisotopic (exact) mass is 388 g/mol. The summed E-state index contributed by atoms with van der Waals surface area (Å²) in [7, 11) is 0. The van der Waals surface area contributed by atoms with E-state index in [1.54, 1.807) is 23.1 Å². The Labute approximate surface area is 168 Å².